The Morgan fingerprint density at radius 3 is 2.62 bits per heavy atom. The third kappa shape index (κ3) is 5.35. The van der Waals surface area contributed by atoms with Gasteiger partial charge in [-0.25, -0.2) is 9.78 Å². The number of H-pyrrole nitrogens is 1. The molecule has 2 amide bonds. The molecule has 170 valence electrons. The largest absolute Gasteiger partial charge is 0.473 e. The van der Waals surface area contributed by atoms with Crippen molar-refractivity contribution in [1.29, 1.82) is 0 Å². The van der Waals surface area contributed by atoms with Crippen LogP contribution in [0.15, 0.2) is 42.6 Å². The zero-order valence-corrected chi connectivity index (χ0v) is 18.3. The standard InChI is InChI=1S/C23H29N5O4/c1-30-14-20(15-6-4-3-5-7-15)25-23(29)26-21-12-19-18(13-24-21)22(28-27-19)32-17-10-8-16(31-2)9-11-17/h3-7,12-13,16-17,20H,8-11,14H2,1-2H3,(H,27,28)(H2,24,25,26,29)/t16?,17?,20-/m1/s1. The van der Waals surface area contributed by atoms with Gasteiger partial charge in [0, 0.05) is 26.5 Å². The third-order valence-corrected chi connectivity index (χ3v) is 5.73. The monoisotopic (exact) mass is 439 g/mol. The van der Waals surface area contributed by atoms with Crippen molar-refractivity contribution in [2.75, 3.05) is 26.1 Å². The van der Waals surface area contributed by atoms with Gasteiger partial charge in [-0.05, 0) is 31.2 Å². The molecule has 1 atom stereocenters. The molecule has 1 aliphatic carbocycles. The smallest absolute Gasteiger partial charge is 0.320 e. The highest BCUT2D eigenvalue weighted by Crippen LogP contribution is 2.29. The number of amides is 2. The number of hydrogen-bond acceptors (Lipinski definition) is 6. The van der Waals surface area contributed by atoms with Crippen molar-refractivity contribution in [1.82, 2.24) is 20.5 Å². The summed E-state index contributed by atoms with van der Waals surface area (Å²) in [6, 6.07) is 10.8. The van der Waals surface area contributed by atoms with Crippen LogP contribution >= 0.6 is 0 Å². The first-order chi connectivity index (χ1) is 15.7. The number of rotatable bonds is 8. The van der Waals surface area contributed by atoms with Crippen LogP contribution in [0.4, 0.5) is 10.6 Å². The van der Waals surface area contributed by atoms with E-state index in [4.69, 9.17) is 14.2 Å². The molecule has 4 rings (SSSR count). The van der Waals surface area contributed by atoms with E-state index in [1.165, 1.54) is 0 Å². The van der Waals surface area contributed by atoms with Gasteiger partial charge < -0.3 is 19.5 Å². The zero-order chi connectivity index (χ0) is 22.3. The summed E-state index contributed by atoms with van der Waals surface area (Å²) in [5, 5.41) is 13.7. The number of aromatic amines is 1. The molecule has 1 aromatic carbocycles. The molecule has 3 aromatic rings. The minimum atomic E-state index is -0.367. The molecule has 0 aliphatic heterocycles. The second-order valence-corrected chi connectivity index (χ2v) is 7.91. The molecular formula is C23H29N5O4. The molecule has 9 heteroatoms. The van der Waals surface area contributed by atoms with Crippen LogP contribution in [-0.4, -0.2) is 54.2 Å². The first kappa shape index (κ1) is 22.0. The topological polar surface area (TPSA) is 110 Å². The molecule has 1 fully saturated rings. The van der Waals surface area contributed by atoms with E-state index < -0.39 is 0 Å². The molecule has 0 unspecified atom stereocenters. The fourth-order valence-electron chi connectivity index (χ4n) is 3.98. The number of anilines is 1. The lowest BCUT2D eigenvalue weighted by Crippen LogP contribution is -2.35. The van der Waals surface area contributed by atoms with E-state index in [1.54, 1.807) is 26.5 Å². The molecule has 1 saturated carbocycles. The first-order valence-corrected chi connectivity index (χ1v) is 10.8. The number of nitrogens with zero attached hydrogens (tertiary/aromatic N) is 2. The molecular weight excluding hydrogens is 410 g/mol. The number of aromatic nitrogens is 3. The summed E-state index contributed by atoms with van der Waals surface area (Å²) < 4.78 is 16.8. The summed E-state index contributed by atoms with van der Waals surface area (Å²) in [4.78, 5) is 16.9. The van der Waals surface area contributed by atoms with Gasteiger partial charge in [0.15, 0.2) is 0 Å². The number of ether oxygens (including phenoxy) is 3. The van der Waals surface area contributed by atoms with E-state index in [-0.39, 0.29) is 18.2 Å². The Morgan fingerprint density at radius 2 is 1.91 bits per heavy atom. The van der Waals surface area contributed by atoms with Crippen molar-refractivity contribution >= 4 is 22.8 Å². The maximum atomic E-state index is 12.5. The Balaban J connectivity index is 1.38. The number of carbonyl (C=O) groups is 1. The van der Waals surface area contributed by atoms with E-state index in [2.05, 4.69) is 25.8 Å². The summed E-state index contributed by atoms with van der Waals surface area (Å²) in [7, 11) is 3.36. The first-order valence-electron chi connectivity index (χ1n) is 10.8. The van der Waals surface area contributed by atoms with Crippen molar-refractivity contribution in [3.8, 4) is 5.88 Å². The fourth-order valence-corrected chi connectivity index (χ4v) is 3.98. The lowest BCUT2D eigenvalue weighted by atomic mass is 9.95. The molecule has 2 aromatic heterocycles. The molecule has 9 nitrogen and oxygen atoms in total. The molecule has 0 saturated heterocycles. The number of hydrogen-bond donors (Lipinski definition) is 3. The second-order valence-electron chi connectivity index (χ2n) is 7.91. The summed E-state index contributed by atoms with van der Waals surface area (Å²) >= 11 is 0. The minimum absolute atomic E-state index is 0.118. The molecule has 0 radical (unpaired) electrons. The summed E-state index contributed by atoms with van der Waals surface area (Å²) in [5.41, 5.74) is 1.70. The van der Waals surface area contributed by atoms with Crippen molar-refractivity contribution in [2.24, 2.45) is 0 Å². The van der Waals surface area contributed by atoms with Gasteiger partial charge in [-0.15, -0.1) is 5.10 Å². The summed E-state index contributed by atoms with van der Waals surface area (Å²) in [5.74, 6) is 0.948. The Bertz CT molecular complexity index is 1020. The van der Waals surface area contributed by atoms with Crippen LogP contribution in [0.25, 0.3) is 10.9 Å². The number of pyridine rings is 1. The normalized spacial score (nSPS) is 19.4. The van der Waals surface area contributed by atoms with Gasteiger partial charge in [-0.3, -0.25) is 10.4 Å². The van der Waals surface area contributed by atoms with Crippen LogP contribution < -0.4 is 15.4 Å². The Labute approximate surface area is 186 Å². The predicted molar refractivity (Wildman–Crippen MR) is 121 cm³/mol. The molecule has 32 heavy (non-hydrogen) atoms. The molecule has 0 spiro atoms. The number of methoxy groups -OCH3 is 2. The van der Waals surface area contributed by atoms with Crippen LogP contribution in [0.2, 0.25) is 0 Å². The number of nitrogens with one attached hydrogen (secondary N) is 3. The highest BCUT2D eigenvalue weighted by molar-refractivity contribution is 5.92. The highest BCUT2D eigenvalue weighted by atomic mass is 16.5. The number of urea groups is 1. The van der Waals surface area contributed by atoms with Crippen molar-refractivity contribution in [3.63, 3.8) is 0 Å². The SMILES string of the molecule is COC[C@@H](NC(=O)Nc1cc2[nH]nc(OC3CCC(OC)CC3)c2cn1)c1ccccc1. The number of benzene rings is 1. The summed E-state index contributed by atoms with van der Waals surface area (Å²) in [6.45, 7) is 0.359. The molecule has 1 aliphatic rings. The minimum Gasteiger partial charge on any atom is -0.473 e. The predicted octanol–water partition coefficient (Wildman–Crippen LogP) is 3.80. The number of carbonyl (C=O) groups excluding carboxylic acids is 1. The van der Waals surface area contributed by atoms with Crippen molar-refractivity contribution in [2.45, 2.75) is 43.9 Å². The maximum absolute atomic E-state index is 12.5. The summed E-state index contributed by atoms with van der Waals surface area (Å²) in [6.07, 6.45) is 5.93. The van der Waals surface area contributed by atoms with Crippen LogP contribution in [0.3, 0.4) is 0 Å². The van der Waals surface area contributed by atoms with Crippen LogP contribution in [0, 0.1) is 0 Å². The molecule has 0 bridgehead atoms. The molecule has 3 N–H and O–H groups in total. The van der Waals surface area contributed by atoms with Gasteiger partial charge in [0.05, 0.1) is 29.7 Å². The van der Waals surface area contributed by atoms with Crippen LogP contribution in [-0.2, 0) is 9.47 Å². The van der Waals surface area contributed by atoms with Gasteiger partial charge >= 0.3 is 6.03 Å². The third-order valence-electron chi connectivity index (χ3n) is 5.73. The Hall–Kier alpha value is -3.17. The van der Waals surface area contributed by atoms with Gasteiger partial charge in [0.25, 0.3) is 0 Å². The van der Waals surface area contributed by atoms with Crippen molar-refractivity contribution in [3.05, 3.63) is 48.2 Å². The fraction of sp³-hybridized carbons (Fsp3) is 0.435. The second kappa shape index (κ2) is 10.4. The quantitative estimate of drug-likeness (QED) is 0.492. The van der Waals surface area contributed by atoms with Gasteiger partial charge in [0.1, 0.15) is 11.9 Å². The molecule has 2 heterocycles. The van der Waals surface area contributed by atoms with Gasteiger partial charge in [-0.1, -0.05) is 30.3 Å². The zero-order valence-electron chi connectivity index (χ0n) is 18.3. The van der Waals surface area contributed by atoms with Gasteiger partial charge in [0.2, 0.25) is 5.88 Å². The van der Waals surface area contributed by atoms with Gasteiger partial charge in [-0.2, -0.15) is 0 Å². The van der Waals surface area contributed by atoms with Crippen LogP contribution in [0.5, 0.6) is 5.88 Å². The average Bonchev–Trinajstić information content (AvgIpc) is 3.21. The van der Waals surface area contributed by atoms with E-state index >= 15 is 0 Å². The lowest BCUT2D eigenvalue weighted by Gasteiger charge is -2.27. The van der Waals surface area contributed by atoms with E-state index in [0.29, 0.717) is 24.4 Å². The lowest BCUT2D eigenvalue weighted by molar-refractivity contribution is 0.0318. The van der Waals surface area contributed by atoms with Crippen LogP contribution in [0.1, 0.15) is 37.3 Å². The Morgan fingerprint density at radius 1 is 1.16 bits per heavy atom. The Kier molecular flexibility index (Phi) is 7.18. The average molecular weight is 440 g/mol. The van der Waals surface area contributed by atoms with E-state index in [9.17, 15) is 4.79 Å². The maximum Gasteiger partial charge on any atom is 0.320 e. The van der Waals surface area contributed by atoms with Crippen molar-refractivity contribution < 1.29 is 19.0 Å². The van der Waals surface area contributed by atoms with E-state index in [0.717, 1.165) is 42.1 Å². The van der Waals surface area contributed by atoms with E-state index in [1.807, 2.05) is 30.3 Å². The number of fused-ring (bicyclic) bond motifs is 1. The highest BCUT2D eigenvalue weighted by Gasteiger charge is 2.23.